The Balaban J connectivity index is 1.72. The van der Waals surface area contributed by atoms with Crippen molar-refractivity contribution in [1.82, 2.24) is 0 Å². The molecule has 23 heavy (non-hydrogen) atoms. The summed E-state index contributed by atoms with van der Waals surface area (Å²) >= 11 is 0. The monoisotopic (exact) mass is 308 g/mol. The van der Waals surface area contributed by atoms with Gasteiger partial charge in [0.1, 0.15) is 0 Å². The summed E-state index contributed by atoms with van der Waals surface area (Å²) < 4.78 is 0. The van der Waals surface area contributed by atoms with E-state index in [0.29, 0.717) is 11.3 Å². The Morgan fingerprint density at radius 2 is 1.78 bits per heavy atom. The van der Waals surface area contributed by atoms with Crippen molar-refractivity contribution in [3.8, 4) is 0 Å². The Bertz CT molecular complexity index is 593. The minimum absolute atomic E-state index is 0.239. The first-order chi connectivity index (χ1) is 10.9. The summed E-state index contributed by atoms with van der Waals surface area (Å²) in [4.78, 5) is 0. The molecule has 0 aromatic carbocycles. The highest BCUT2D eigenvalue weighted by molar-refractivity contribution is 5.31. The van der Waals surface area contributed by atoms with Gasteiger partial charge < -0.3 is 0 Å². The summed E-state index contributed by atoms with van der Waals surface area (Å²) in [6.07, 6.45) is 12.4. The molecule has 0 saturated heterocycles. The zero-order valence-corrected chi connectivity index (χ0v) is 14.9. The zero-order chi connectivity index (χ0) is 16.4. The molecular weight excluding hydrogens is 276 g/mol. The molecule has 6 atom stereocenters. The van der Waals surface area contributed by atoms with Gasteiger partial charge in [0.15, 0.2) is 0 Å². The van der Waals surface area contributed by atoms with Gasteiger partial charge in [-0.3, -0.25) is 0 Å². The molecule has 0 spiro atoms. The van der Waals surface area contributed by atoms with E-state index < -0.39 is 0 Å². The van der Waals surface area contributed by atoms with Gasteiger partial charge in [-0.25, -0.2) is 0 Å². The van der Waals surface area contributed by atoms with Crippen molar-refractivity contribution in [2.45, 2.75) is 58.3 Å². The fourth-order valence-corrected chi connectivity index (χ4v) is 7.17. The van der Waals surface area contributed by atoms with Crippen molar-refractivity contribution in [3.05, 3.63) is 49.1 Å². The smallest absolute Gasteiger partial charge is 0.0117 e. The van der Waals surface area contributed by atoms with Gasteiger partial charge in [-0.15, -0.1) is 6.58 Å². The van der Waals surface area contributed by atoms with Crippen LogP contribution in [0.3, 0.4) is 0 Å². The summed E-state index contributed by atoms with van der Waals surface area (Å²) in [5.74, 6) is 3.13. The highest BCUT2D eigenvalue weighted by atomic mass is 14.6. The number of fused-ring (bicyclic) bond motifs is 5. The molecule has 0 aliphatic heterocycles. The molecule has 4 fully saturated rings. The van der Waals surface area contributed by atoms with E-state index in [0.717, 1.165) is 17.8 Å². The average Bonchev–Trinajstić information content (AvgIpc) is 2.87. The lowest BCUT2D eigenvalue weighted by molar-refractivity contribution is -0.0598. The molecule has 0 bridgehead atoms. The fourth-order valence-electron chi connectivity index (χ4n) is 7.17. The van der Waals surface area contributed by atoms with Crippen LogP contribution in [0.1, 0.15) is 58.3 Å². The first-order valence-electron chi connectivity index (χ1n) is 9.58. The predicted octanol–water partition coefficient (Wildman–Crippen LogP) is 6.47. The average molecular weight is 309 g/mol. The van der Waals surface area contributed by atoms with Gasteiger partial charge in [0.05, 0.1) is 0 Å². The van der Waals surface area contributed by atoms with Gasteiger partial charge in [0.25, 0.3) is 0 Å². The molecule has 0 N–H and O–H groups in total. The van der Waals surface area contributed by atoms with Gasteiger partial charge >= 0.3 is 0 Å². The number of hydrogen-bond acceptors (Lipinski definition) is 0. The van der Waals surface area contributed by atoms with Crippen LogP contribution in [-0.4, -0.2) is 0 Å². The lowest BCUT2D eigenvalue weighted by atomic mass is 9.44. The highest BCUT2D eigenvalue weighted by Crippen LogP contribution is 2.68. The van der Waals surface area contributed by atoms with Crippen molar-refractivity contribution in [2.75, 3.05) is 0 Å². The number of allylic oxidation sites excluding steroid dienone is 4. The summed E-state index contributed by atoms with van der Waals surface area (Å²) in [6, 6.07) is 0. The van der Waals surface area contributed by atoms with E-state index in [4.69, 9.17) is 0 Å². The molecule has 4 saturated carbocycles. The Labute approximate surface area is 142 Å². The molecule has 0 nitrogen and oxygen atoms in total. The van der Waals surface area contributed by atoms with Crippen LogP contribution in [0.4, 0.5) is 0 Å². The van der Waals surface area contributed by atoms with Crippen LogP contribution >= 0.6 is 0 Å². The van der Waals surface area contributed by atoms with Crippen LogP contribution in [0.2, 0.25) is 0 Å². The summed E-state index contributed by atoms with van der Waals surface area (Å²) in [6.45, 7) is 20.1. The summed E-state index contributed by atoms with van der Waals surface area (Å²) in [5.41, 5.74) is 5.14. The molecule has 0 heterocycles. The molecule has 4 rings (SSSR count). The SMILES string of the molecule is C=CC12CCC3C(CC(=C)C4CC(=C)CCC43C)C1CCC2=C. The summed E-state index contributed by atoms with van der Waals surface area (Å²) in [5, 5.41) is 0. The van der Waals surface area contributed by atoms with Crippen LogP contribution in [-0.2, 0) is 0 Å². The second-order valence-corrected chi connectivity index (χ2v) is 9.18. The maximum atomic E-state index is 4.56. The van der Waals surface area contributed by atoms with E-state index in [1.807, 2.05) is 0 Å². The highest BCUT2D eigenvalue weighted by Gasteiger charge is 2.59. The normalized spacial score (nSPS) is 49.3. The van der Waals surface area contributed by atoms with Gasteiger partial charge in [0.2, 0.25) is 0 Å². The van der Waals surface area contributed by atoms with E-state index in [1.54, 1.807) is 0 Å². The third-order valence-electron chi connectivity index (χ3n) is 8.49. The quantitative estimate of drug-likeness (QED) is 0.487. The van der Waals surface area contributed by atoms with Gasteiger partial charge in [0, 0.05) is 5.41 Å². The maximum absolute atomic E-state index is 4.56. The van der Waals surface area contributed by atoms with Crippen molar-refractivity contribution in [2.24, 2.45) is 34.5 Å². The van der Waals surface area contributed by atoms with Crippen molar-refractivity contribution in [3.63, 3.8) is 0 Å². The van der Waals surface area contributed by atoms with Gasteiger partial charge in [-0.1, -0.05) is 49.5 Å². The Morgan fingerprint density at radius 3 is 2.52 bits per heavy atom. The summed E-state index contributed by atoms with van der Waals surface area (Å²) in [7, 11) is 0. The van der Waals surface area contributed by atoms with Crippen LogP contribution < -0.4 is 0 Å². The van der Waals surface area contributed by atoms with Crippen LogP contribution in [0.25, 0.3) is 0 Å². The van der Waals surface area contributed by atoms with Crippen molar-refractivity contribution < 1.29 is 0 Å². The van der Waals surface area contributed by atoms with E-state index in [1.165, 1.54) is 68.1 Å². The molecule has 0 heteroatoms. The first-order valence-corrected chi connectivity index (χ1v) is 9.58. The molecule has 4 aliphatic carbocycles. The standard InChI is InChI=1S/C23H32/c1-6-23-12-10-19-18(20(23)8-7-17(23)4)14-16(3)21-13-15(2)9-11-22(19,21)5/h6,18-21H,1-4,7-14H2,5H3. The van der Waals surface area contributed by atoms with E-state index in [2.05, 4.69) is 39.3 Å². The number of rotatable bonds is 1. The fraction of sp³-hybridized carbons (Fsp3) is 0.652. The van der Waals surface area contributed by atoms with Crippen molar-refractivity contribution >= 4 is 0 Å². The largest absolute Gasteiger partial charge is 0.102 e. The second kappa shape index (κ2) is 4.98. The van der Waals surface area contributed by atoms with Crippen LogP contribution in [0, 0.1) is 34.5 Å². The molecule has 6 unspecified atom stereocenters. The molecule has 0 aromatic heterocycles. The second-order valence-electron chi connectivity index (χ2n) is 9.18. The predicted molar refractivity (Wildman–Crippen MR) is 99.1 cm³/mol. The molecule has 4 aliphatic rings. The van der Waals surface area contributed by atoms with Gasteiger partial charge in [-0.05, 0) is 80.5 Å². The van der Waals surface area contributed by atoms with E-state index >= 15 is 0 Å². The zero-order valence-electron chi connectivity index (χ0n) is 14.9. The minimum atomic E-state index is 0.239. The van der Waals surface area contributed by atoms with Crippen LogP contribution in [0.15, 0.2) is 49.1 Å². The molecule has 0 radical (unpaired) electrons. The van der Waals surface area contributed by atoms with E-state index in [-0.39, 0.29) is 5.41 Å². The lowest BCUT2D eigenvalue weighted by Crippen LogP contribution is -2.53. The van der Waals surface area contributed by atoms with Gasteiger partial charge in [-0.2, -0.15) is 0 Å². The lowest BCUT2D eigenvalue weighted by Gasteiger charge is -2.61. The third-order valence-corrected chi connectivity index (χ3v) is 8.49. The molecule has 0 amide bonds. The first kappa shape index (κ1) is 15.5. The Morgan fingerprint density at radius 1 is 1.00 bits per heavy atom. The Kier molecular flexibility index (Phi) is 3.35. The maximum Gasteiger partial charge on any atom is 0.0117 e. The van der Waals surface area contributed by atoms with E-state index in [9.17, 15) is 0 Å². The third kappa shape index (κ3) is 1.90. The molecular formula is C23H32. The molecule has 0 aromatic rings. The molecule has 124 valence electrons. The van der Waals surface area contributed by atoms with Crippen molar-refractivity contribution in [1.29, 1.82) is 0 Å². The minimum Gasteiger partial charge on any atom is -0.102 e. The van der Waals surface area contributed by atoms with Crippen LogP contribution in [0.5, 0.6) is 0 Å². The topological polar surface area (TPSA) is 0 Å². The Hall–Kier alpha value is -1.04. The number of hydrogen-bond donors (Lipinski definition) is 0.